The largest absolute Gasteiger partial charge is 0.491 e. The topological polar surface area (TPSA) is 122 Å². The van der Waals surface area contributed by atoms with Crippen molar-refractivity contribution >= 4 is 41.7 Å². The van der Waals surface area contributed by atoms with Gasteiger partial charge in [0.25, 0.3) is 11.5 Å². The molecule has 3 aliphatic rings. The predicted molar refractivity (Wildman–Crippen MR) is 180 cm³/mol. The van der Waals surface area contributed by atoms with Crippen molar-refractivity contribution in [1.82, 2.24) is 9.47 Å². The molecule has 3 aliphatic heterocycles. The zero-order valence-electron chi connectivity index (χ0n) is 26.5. The molecule has 0 radical (unpaired) electrons. The van der Waals surface area contributed by atoms with Crippen LogP contribution in [0.5, 0.6) is 5.75 Å². The van der Waals surface area contributed by atoms with Crippen molar-refractivity contribution in [3.05, 3.63) is 86.7 Å². The zero-order chi connectivity index (χ0) is 33.0. The van der Waals surface area contributed by atoms with Gasteiger partial charge in [0.2, 0.25) is 5.91 Å². The molecule has 2 aromatic carbocycles. The number of aromatic nitrogens is 1. The second-order valence-electron chi connectivity index (χ2n) is 13.1. The predicted octanol–water partition coefficient (Wildman–Crippen LogP) is 4.33. The first kappa shape index (κ1) is 32.6. The molecule has 0 unspecified atom stereocenters. The minimum atomic E-state index is -2.95. The van der Waals surface area contributed by atoms with Gasteiger partial charge in [-0.05, 0) is 74.0 Å². The van der Waals surface area contributed by atoms with Crippen molar-refractivity contribution in [2.24, 2.45) is 5.92 Å². The van der Waals surface area contributed by atoms with Gasteiger partial charge < -0.3 is 29.2 Å². The van der Waals surface area contributed by atoms with Gasteiger partial charge >= 0.3 is 0 Å². The molecule has 0 saturated carbocycles. The Bertz CT molecular complexity index is 1710. The number of fused-ring (bicyclic) bond motifs is 2. The van der Waals surface area contributed by atoms with Crippen molar-refractivity contribution in [2.45, 2.75) is 69.1 Å². The summed E-state index contributed by atoms with van der Waals surface area (Å²) in [6.45, 7) is 6.39. The van der Waals surface area contributed by atoms with Crippen molar-refractivity contribution in [3.63, 3.8) is 0 Å². The lowest BCUT2D eigenvalue weighted by molar-refractivity contribution is -0.150. The highest BCUT2D eigenvalue weighted by Crippen LogP contribution is 2.60. The Hall–Kier alpha value is -3.29. The third kappa shape index (κ3) is 5.43. The number of hydrogen-bond donors (Lipinski definition) is 2. The van der Waals surface area contributed by atoms with E-state index in [1.54, 1.807) is 28.1 Å². The maximum absolute atomic E-state index is 14.7. The van der Waals surface area contributed by atoms with E-state index < -0.39 is 25.9 Å². The number of nitrogens with zero attached hydrogens (tertiary/aromatic N) is 3. The van der Waals surface area contributed by atoms with Gasteiger partial charge in [-0.1, -0.05) is 35.0 Å². The summed E-state index contributed by atoms with van der Waals surface area (Å²) in [4.78, 5) is 56.0. The highest BCUT2D eigenvalue weighted by molar-refractivity contribution is 9.10. The van der Waals surface area contributed by atoms with Gasteiger partial charge in [-0.2, -0.15) is 0 Å². The van der Waals surface area contributed by atoms with E-state index in [1.807, 2.05) is 62.5 Å². The number of carbonyl (C=O) groups excluding carboxylic acids is 2. The van der Waals surface area contributed by atoms with Crippen LogP contribution in [0.15, 0.2) is 70.1 Å². The minimum Gasteiger partial charge on any atom is -0.491 e. The van der Waals surface area contributed by atoms with E-state index in [4.69, 9.17) is 9.47 Å². The molecule has 244 valence electrons. The maximum Gasteiger partial charge on any atom is 0.297 e. The Kier molecular flexibility index (Phi) is 8.79. The fourth-order valence-electron chi connectivity index (χ4n) is 7.83. The van der Waals surface area contributed by atoms with Crippen LogP contribution in [0.2, 0.25) is 18.6 Å². The number of pyridine rings is 1. The lowest BCUT2D eigenvalue weighted by Gasteiger charge is -2.32. The van der Waals surface area contributed by atoms with Gasteiger partial charge in [0.1, 0.15) is 0 Å². The standard InChI is InChI=1S/C34H40BrN3O7Si/c1-21-31(46(3,4)43)29(18-30(40)36-15-5-7-25(36)20-39)45-34(21)26-17-23(35)11-14-27(26)38(33(34)42)19-22-9-12-24(13-10-22)37-16-6-8-28(44-2)32(37)41/h6,8-14,16-17,21,25,29,31,39,43H,5,7,15,18-20H2,1-4H3/t21-,25-,29+,31-,34+/m0/s1. The molecule has 1 spiro atoms. The SMILES string of the molecule is COc1cccn(-c2ccc(CN3C(=O)[C@]4(O[C@H](CC(=O)N5CCC[C@H]5CO)[C@@H]([Si](C)(C)O)[C@@H]4C)c4cc(Br)ccc43)cc2)c1=O. The second kappa shape index (κ2) is 12.4. The summed E-state index contributed by atoms with van der Waals surface area (Å²) in [5, 5.41) is 9.83. The number of halogens is 1. The average molecular weight is 711 g/mol. The van der Waals surface area contributed by atoms with Crippen LogP contribution >= 0.6 is 15.9 Å². The number of anilines is 1. The van der Waals surface area contributed by atoms with E-state index in [9.17, 15) is 24.3 Å². The molecule has 2 saturated heterocycles. The van der Waals surface area contributed by atoms with Gasteiger partial charge in [-0.25, -0.2) is 0 Å². The van der Waals surface area contributed by atoms with Crippen LogP contribution in [-0.2, 0) is 26.5 Å². The first-order valence-electron chi connectivity index (χ1n) is 15.7. The van der Waals surface area contributed by atoms with Crippen molar-refractivity contribution in [2.75, 3.05) is 25.2 Å². The molecule has 0 bridgehead atoms. The number of carbonyl (C=O) groups is 2. The normalized spacial score (nSPS) is 25.8. The number of ether oxygens (including phenoxy) is 2. The second-order valence-corrected chi connectivity index (χ2v) is 18.0. The van der Waals surface area contributed by atoms with E-state index in [0.29, 0.717) is 17.8 Å². The fourth-order valence-corrected chi connectivity index (χ4v) is 10.7. The number of amides is 2. The van der Waals surface area contributed by atoms with Gasteiger partial charge in [0, 0.05) is 39.9 Å². The quantitative estimate of drug-likeness (QED) is 0.334. The molecular formula is C34H40BrN3O7Si. The van der Waals surface area contributed by atoms with E-state index in [0.717, 1.165) is 28.6 Å². The Morgan fingerprint density at radius 1 is 1.15 bits per heavy atom. The Morgan fingerprint density at radius 2 is 1.89 bits per heavy atom. The van der Waals surface area contributed by atoms with Crippen LogP contribution in [0.1, 0.15) is 37.3 Å². The lowest BCUT2D eigenvalue weighted by atomic mass is 9.82. The lowest BCUT2D eigenvalue weighted by Crippen LogP contribution is -2.46. The molecule has 5 atom stereocenters. The van der Waals surface area contributed by atoms with Crippen molar-refractivity contribution in [3.8, 4) is 11.4 Å². The van der Waals surface area contributed by atoms with E-state index >= 15 is 0 Å². The molecule has 10 nitrogen and oxygen atoms in total. The number of likely N-dealkylation sites (tertiary alicyclic amines) is 1. The number of rotatable bonds is 8. The van der Waals surface area contributed by atoms with Crippen LogP contribution in [-0.4, -0.2) is 71.9 Å². The Balaban J connectivity index is 1.33. The van der Waals surface area contributed by atoms with Crippen molar-refractivity contribution in [1.29, 1.82) is 0 Å². The van der Waals surface area contributed by atoms with E-state index in [-0.39, 0.29) is 54.3 Å². The molecule has 46 heavy (non-hydrogen) atoms. The molecule has 6 rings (SSSR count). The molecule has 0 aliphatic carbocycles. The van der Waals surface area contributed by atoms with Crippen LogP contribution in [0, 0.1) is 5.92 Å². The summed E-state index contributed by atoms with van der Waals surface area (Å²) in [6, 6.07) is 16.3. The molecular weight excluding hydrogens is 670 g/mol. The summed E-state index contributed by atoms with van der Waals surface area (Å²) in [5.74, 6) is -0.513. The van der Waals surface area contributed by atoms with Crippen molar-refractivity contribution < 1.29 is 29.0 Å². The first-order valence-corrected chi connectivity index (χ1v) is 19.5. The summed E-state index contributed by atoms with van der Waals surface area (Å²) in [6.07, 6.45) is 2.64. The van der Waals surface area contributed by atoms with Gasteiger partial charge in [-0.3, -0.25) is 19.0 Å². The summed E-state index contributed by atoms with van der Waals surface area (Å²) in [5.41, 5.74) is 0.924. The monoisotopic (exact) mass is 709 g/mol. The maximum atomic E-state index is 14.7. The average Bonchev–Trinajstić information content (AvgIpc) is 3.68. The summed E-state index contributed by atoms with van der Waals surface area (Å²) < 4.78 is 14.3. The number of aliphatic hydroxyl groups excluding tert-OH is 1. The van der Waals surface area contributed by atoms with Crippen LogP contribution in [0.4, 0.5) is 5.69 Å². The smallest absolute Gasteiger partial charge is 0.297 e. The Morgan fingerprint density at radius 3 is 2.57 bits per heavy atom. The summed E-state index contributed by atoms with van der Waals surface area (Å²) >= 11 is 3.59. The minimum absolute atomic E-state index is 0.0337. The molecule has 2 N–H and O–H groups in total. The number of benzene rings is 2. The van der Waals surface area contributed by atoms with E-state index in [1.165, 1.54) is 11.7 Å². The number of methoxy groups -OCH3 is 1. The molecule has 3 aromatic rings. The first-order chi connectivity index (χ1) is 21.9. The highest BCUT2D eigenvalue weighted by atomic mass is 79.9. The number of hydrogen-bond acceptors (Lipinski definition) is 7. The Labute approximate surface area is 277 Å². The molecule has 1 aromatic heterocycles. The van der Waals surface area contributed by atoms with Crippen LogP contribution < -0.4 is 15.2 Å². The number of aliphatic hydroxyl groups is 1. The van der Waals surface area contributed by atoms with Gasteiger partial charge in [-0.15, -0.1) is 0 Å². The van der Waals surface area contributed by atoms with Gasteiger partial charge in [0.15, 0.2) is 19.7 Å². The summed E-state index contributed by atoms with van der Waals surface area (Å²) in [7, 11) is -1.49. The van der Waals surface area contributed by atoms with Gasteiger partial charge in [0.05, 0.1) is 44.5 Å². The zero-order valence-corrected chi connectivity index (χ0v) is 29.1. The van der Waals surface area contributed by atoms with Crippen LogP contribution in [0.3, 0.4) is 0 Å². The van der Waals surface area contributed by atoms with E-state index in [2.05, 4.69) is 15.9 Å². The molecule has 4 heterocycles. The molecule has 12 heteroatoms. The third-order valence-corrected chi connectivity index (χ3v) is 12.9. The highest BCUT2D eigenvalue weighted by Gasteiger charge is 2.66. The van der Waals surface area contributed by atoms with Crippen LogP contribution in [0.25, 0.3) is 5.69 Å². The third-order valence-electron chi connectivity index (χ3n) is 9.92. The molecule has 2 amide bonds. The fraction of sp³-hybridized carbons (Fsp3) is 0.441. The molecule has 2 fully saturated rings.